The van der Waals surface area contributed by atoms with Gasteiger partial charge in [-0.1, -0.05) is 24.3 Å². The van der Waals surface area contributed by atoms with Crippen LogP contribution in [0.4, 0.5) is 17.3 Å². The molecule has 0 saturated heterocycles. The second-order valence-electron chi connectivity index (χ2n) is 4.62. The summed E-state index contributed by atoms with van der Waals surface area (Å²) in [6.45, 7) is 0. The Hall–Kier alpha value is -3.69. The van der Waals surface area contributed by atoms with Gasteiger partial charge in [-0.15, -0.1) is 0 Å². The van der Waals surface area contributed by atoms with Gasteiger partial charge in [-0.05, 0) is 32.8 Å². The average molecular weight is 314 g/mol. The molecule has 10 heteroatoms. The first-order chi connectivity index (χ1) is 10.9. The van der Waals surface area contributed by atoms with Gasteiger partial charge in [0.15, 0.2) is 0 Å². The number of nitrogens with zero attached hydrogens (tertiary/aromatic N) is 4. The summed E-state index contributed by atoms with van der Waals surface area (Å²) in [6.07, 6.45) is 0. The van der Waals surface area contributed by atoms with Gasteiger partial charge < -0.3 is 20.2 Å². The molecule has 0 aliphatic carbocycles. The number of benzene rings is 2. The molecule has 0 N–H and O–H groups in total. The van der Waals surface area contributed by atoms with Crippen molar-refractivity contribution in [1.29, 1.82) is 0 Å². The lowest BCUT2D eigenvalue weighted by molar-refractivity contribution is -0.427. The van der Waals surface area contributed by atoms with Crippen molar-refractivity contribution in [1.82, 2.24) is 4.98 Å². The van der Waals surface area contributed by atoms with Crippen molar-refractivity contribution in [2.45, 2.75) is 0 Å². The van der Waals surface area contributed by atoms with Crippen molar-refractivity contribution in [2.24, 2.45) is 0 Å². The number of hydrogen-bond acceptors (Lipinski definition) is 7. The van der Waals surface area contributed by atoms with Gasteiger partial charge in [0, 0.05) is 4.98 Å². The molecule has 114 valence electrons. The Kier molecular flexibility index (Phi) is 3.06. The summed E-state index contributed by atoms with van der Waals surface area (Å²) in [5.74, 6) is -1.94. The minimum absolute atomic E-state index is 0.119. The van der Waals surface area contributed by atoms with E-state index in [9.17, 15) is 30.3 Å². The van der Waals surface area contributed by atoms with Crippen LogP contribution in [0, 0.1) is 30.3 Å². The third-order valence-electron chi connectivity index (χ3n) is 3.33. The van der Waals surface area contributed by atoms with E-state index in [-0.39, 0.29) is 10.8 Å². The molecule has 2 aromatic carbocycles. The number of pyridine rings is 1. The van der Waals surface area contributed by atoms with Crippen LogP contribution in [0.5, 0.6) is 0 Å². The van der Waals surface area contributed by atoms with Gasteiger partial charge in [-0.2, -0.15) is 0 Å². The molecule has 1 heterocycles. The molecular formula is C13H6N4O6. The standard InChI is InChI=1S/C13H6N4O6/c18-15(19)11-9-5-7-3-1-2-4-8(7)6-10(9)12(16(20)21)14-13(11)17(22)23/h1-6H. The molecule has 0 atom stereocenters. The average Bonchev–Trinajstić information content (AvgIpc) is 2.50. The number of rotatable bonds is 3. The summed E-state index contributed by atoms with van der Waals surface area (Å²) in [4.78, 5) is 33.8. The van der Waals surface area contributed by atoms with Gasteiger partial charge in [0.2, 0.25) is 0 Å². The van der Waals surface area contributed by atoms with Crippen LogP contribution < -0.4 is 0 Å². The van der Waals surface area contributed by atoms with E-state index in [1.165, 1.54) is 12.1 Å². The predicted molar refractivity (Wildman–Crippen MR) is 79.2 cm³/mol. The van der Waals surface area contributed by atoms with Crippen LogP contribution in [0.3, 0.4) is 0 Å². The van der Waals surface area contributed by atoms with Gasteiger partial charge in [0.05, 0.1) is 15.7 Å². The van der Waals surface area contributed by atoms with Crippen molar-refractivity contribution in [3.8, 4) is 0 Å². The van der Waals surface area contributed by atoms with E-state index in [2.05, 4.69) is 4.98 Å². The summed E-state index contributed by atoms with van der Waals surface area (Å²) < 4.78 is 0. The predicted octanol–water partition coefficient (Wildman–Crippen LogP) is 3.11. The first kappa shape index (κ1) is 14.3. The lowest BCUT2D eigenvalue weighted by atomic mass is 10.0. The quantitative estimate of drug-likeness (QED) is 0.410. The van der Waals surface area contributed by atoms with Crippen LogP contribution >= 0.6 is 0 Å². The van der Waals surface area contributed by atoms with Crippen LogP contribution in [0.15, 0.2) is 36.4 Å². The zero-order valence-electron chi connectivity index (χ0n) is 11.2. The highest BCUT2D eigenvalue weighted by Crippen LogP contribution is 2.39. The normalized spacial score (nSPS) is 10.8. The number of hydrogen-bond donors (Lipinski definition) is 0. The summed E-state index contributed by atoms with van der Waals surface area (Å²) >= 11 is 0. The molecule has 0 unspecified atom stereocenters. The Labute approximate surface area is 126 Å². The molecule has 0 fully saturated rings. The minimum atomic E-state index is -1.15. The van der Waals surface area contributed by atoms with Crippen molar-refractivity contribution >= 4 is 38.9 Å². The van der Waals surface area contributed by atoms with E-state index in [0.717, 1.165) is 0 Å². The van der Waals surface area contributed by atoms with Gasteiger partial charge in [0.1, 0.15) is 0 Å². The molecule has 1 aromatic heterocycles. The highest BCUT2D eigenvalue weighted by atomic mass is 16.6. The smallest absolute Gasteiger partial charge is 0.358 e. The Morgan fingerprint density at radius 2 is 1.26 bits per heavy atom. The molecular weight excluding hydrogens is 308 g/mol. The molecule has 0 radical (unpaired) electrons. The van der Waals surface area contributed by atoms with Crippen molar-refractivity contribution < 1.29 is 14.8 Å². The van der Waals surface area contributed by atoms with Crippen molar-refractivity contribution in [2.75, 3.05) is 0 Å². The van der Waals surface area contributed by atoms with Gasteiger partial charge in [-0.3, -0.25) is 10.1 Å². The summed E-state index contributed by atoms with van der Waals surface area (Å²) in [5.41, 5.74) is -0.860. The van der Waals surface area contributed by atoms with Crippen LogP contribution in [-0.2, 0) is 0 Å². The Bertz CT molecular complexity index is 1020. The molecule has 3 aromatic rings. The summed E-state index contributed by atoms with van der Waals surface area (Å²) in [6, 6.07) is 9.40. The van der Waals surface area contributed by atoms with Gasteiger partial charge in [0.25, 0.3) is 0 Å². The molecule has 0 bridgehead atoms. The largest absolute Gasteiger partial charge is 0.447 e. The van der Waals surface area contributed by atoms with Gasteiger partial charge in [-0.25, -0.2) is 0 Å². The first-order valence-corrected chi connectivity index (χ1v) is 6.20. The Morgan fingerprint density at radius 3 is 1.74 bits per heavy atom. The van der Waals surface area contributed by atoms with Crippen LogP contribution in [0.1, 0.15) is 0 Å². The first-order valence-electron chi connectivity index (χ1n) is 6.20. The third kappa shape index (κ3) is 2.18. The van der Waals surface area contributed by atoms with Crippen LogP contribution in [-0.4, -0.2) is 19.8 Å². The molecule has 0 aliphatic rings. The fourth-order valence-corrected chi connectivity index (χ4v) is 2.40. The van der Waals surface area contributed by atoms with Gasteiger partial charge >= 0.3 is 17.3 Å². The topological polar surface area (TPSA) is 142 Å². The zero-order valence-corrected chi connectivity index (χ0v) is 11.2. The van der Waals surface area contributed by atoms with E-state index in [1.54, 1.807) is 24.3 Å². The fourth-order valence-electron chi connectivity index (χ4n) is 2.40. The maximum absolute atomic E-state index is 11.2. The highest BCUT2D eigenvalue weighted by molar-refractivity contribution is 6.06. The molecule has 23 heavy (non-hydrogen) atoms. The number of aromatic nitrogens is 1. The van der Waals surface area contributed by atoms with E-state index in [1.807, 2.05) is 0 Å². The van der Waals surface area contributed by atoms with E-state index in [0.29, 0.717) is 10.8 Å². The van der Waals surface area contributed by atoms with Crippen LogP contribution in [0.25, 0.3) is 21.5 Å². The molecule has 10 nitrogen and oxygen atoms in total. The fraction of sp³-hybridized carbons (Fsp3) is 0. The van der Waals surface area contributed by atoms with Crippen molar-refractivity contribution in [3.05, 3.63) is 66.7 Å². The monoisotopic (exact) mass is 314 g/mol. The second kappa shape index (κ2) is 4.94. The number of nitro groups is 3. The lowest BCUT2D eigenvalue weighted by Gasteiger charge is -2.05. The van der Waals surface area contributed by atoms with E-state index < -0.39 is 32.1 Å². The highest BCUT2D eigenvalue weighted by Gasteiger charge is 2.34. The summed E-state index contributed by atoms with van der Waals surface area (Å²) in [7, 11) is 0. The lowest BCUT2D eigenvalue weighted by Crippen LogP contribution is -2.04. The Morgan fingerprint density at radius 1 is 0.739 bits per heavy atom. The van der Waals surface area contributed by atoms with Crippen molar-refractivity contribution in [3.63, 3.8) is 0 Å². The molecule has 0 amide bonds. The summed E-state index contributed by atoms with van der Waals surface area (Å²) in [5, 5.41) is 34.3. The van der Waals surface area contributed by atoms with Crippen LogP contribution in [0.2, 0.25) is 0 Å². The Balaban J connectivity index is 2.60. The molecule has 0 saturated carbocycles. The molecule has 3 rings (SSSR count). The SMILES string of the molecule is O=[N+]([O-])c1nc([N+](=O)[O-])c2cc3ccccc3cc2c1[N+](=O)[O-]. The molecule has 0 spiro atoms. The third-order valence-corrected chi connectivity index (χ3v) is 3.33. The minimum Gasteiger partial charge on any atom is -0.358 e. The number of fused-ring (bicyclic) bond motifs is 2. The van der Waals surface area contributed by atoms with E-state index in [4.69, 9.17) is 0 Å². The van der Waals surface area contributed by atoms with E-state index >= 15 is 0 Å². The zero-order chi connectivity index (χ0) is 16.7. The second-order valence-corrected chi connectivity index (χ2v) is 4.62. The maximum Gasteiger partial charge on any atom is 0.447 e. The maximum atomic E-state index is 11.2. The molecule has 0 aliphatic heterocycles.